The van der Waals surface area contributed by atoms with Gasteiger partial charge in [0.1, 0.15) is 23.7 Å². The Hall–Kier alpha value is -3.47. The molecule has 0 saturated heterocycles. The maximum absolute atomic E-state index is 13.9. The lowest BCUT2D eigenvalue weighted by Crippen LogP contribution is -2.61. The largest absolute Gasteiger partial charge is 0.480 e. The highest BCUT2D eigenvalue weighted by Gasteiger charge is 2.41. The van der Waals surface area contributed by atoms with Crippen LogP contribution >= 0.6 is 0 Å². The summed E-state index contributed by atoms with van der Waals surface area (Å²) in [4.78, 5) is 65.0. The number of hydrogen-bond donors (Lipinski definition) is 4. The van der Waals surface area contributed by atoms with Crippen molar-refractivity contribution in [1.29, 1.82) is 0 Å². The van der Waals surface area contributed by atoms with Crippen molar-refractivity contribution in [2.24, 2.45) is 5.92 Å². The molecule has 0 bridgehead atoms. The van der Waals surface area contributed by atoms with Crippen LogP contribution in [0.15, 0.2) is 30.3 Å². The summed E-state index contributed by atoms with van der Waals surface area (Å²) < 4.78 is 5.29. The van der Waals surface area contributed by atoms with Crippen LogP contribution in [-0.2, 0) is 30.3 Å². The number of carboxylic acids is 1. The predicted molar refractivity (Wildman–Crippen MR) is 135 cm³/mol. The first-order chi connectivity index (χ1) is 17.2. The number of carbonyl (C=O) groups is 5. The minimum Gasteiger partial charge on any atom is -0.480 e. The number of aliphatic hydroxyl groups excluding tert-OH is 1. The van der Waals surface area contributed by atoms with Crippen LogP contribution in [0.1, 0.15) is 59.9 Å². The van der Waals surface area contributed by atoms with Gasteiger partial charge in [0.15, 0.2) is 0 Å². The average molecular weight is 522 g/mol. The van der Waals surface area contributed by atoms with E-state index in [-0.39, 0.29) is 6.42 Å². The first-order valence-electron chi connectivity index (χ1n) is 12.2. The molecule has 1 aromatic carbocycles. The maximum Gasteiger partial charge on any atom is 0.408 e. The molecule has 4 amide bonds. The quantitative estimate of drug-likeness (QED) is 0.324. The molecule has 0 spiro atoms. The number of imide groups is 1. The SMILES string of the molecule is CC[C@H](C)[C@@H](NC(=O)OC(C)(C)C)C(=O)N(C(=O)CCO)[C@H](Cc1ccccc1)C(=O)N[C@H](C)C(=O)O. The van der Waals surface area contributed by atoms with Crippen LogP contribution in [0, 0.1) is 5.92 Å². The number of carbonyl (C=O) groups excluding carboxylic acids is 4. The molecule has 4 N–H and O–H groups in total. The fourth-order valence-electron chi connectivity index (χ4n) is 3.44. The van der Waals surface area contributed by atoms with Gasteiger partial charge in [-0.25, -0.2) is 4.79 Å². The molecule has 0 saturated carbocycles. The highest BCUT2D eigenvalue weighted by Crippen LogP contribution is 2.19. The number of ether oxygens (including phenoxy) is 1. The van der Waals surface area contributed by atoms with Gasteiger partial charge in [-0.15, -0.1) is 0 Å². The van der Waals surface area contributed by atoms with E-state index in [1.54, 1.807) is 65.0 Å². The molecule has 1 rings (SSSR count). The van der Waals surface area contributed by atoms with Crippen molar-refractivity contribution < 1.29 is 38.9 Å². The molecule has 11 nitrogen and oxygen atoms in total. The van der Waals surface area contributed by atoms with Crippen molar-refractivity contribution in [2.75, 3.05) is 6.61 Å². The third kappa shape index (κ3) is 10.2. The van der Waals surface area contributed by atoms with E-state index in [9.17, 15) is 34.2 Å². The number of nitrogens with one attached hydrogen (secondary N) is 2. The van der Waals surface area contributed by atoms with E-state index >= 15 is 0 Å². The van der Waals surface area contributed by atoms with E-state index < -0.39 is 72.5 Å². The molecule has 206 valence electrons. The van der Waals surface area contributed by atoms with Crippen LogP contribution in [0.25, 0.3) is 0 Å². The highest BCUT2D eigenvalue weighted by atomic mass is 16.6. The highest BCUT2D eigenvalue weighted by molar-refractivity contribution is 6.03. The first kappa shape index (κ1) is 31.6. The molecule has 11 heteroatoms. The molecule has 0 aliphatic heterocycles. The monoisotopic (exact) mass is 521 g/mol. The lowest BCUT2D eigenvalue weighted by atomic mass is 9.95. The fraction of sp³-hybridized carbons (Fsp3) is 0.577. The standard InChI is InChI=1S/C26H39N3O8/c1-7-16(2)21(28-25(36)37-26(4,5)6)23(33)29(20(31)13-14-30)19(15-18-11-9-8-10-12-18)22(32)27-17(3)24(34)35/h8-12,16-17,19,21,30H,7,13-15H2,1-6H3,(H,27,32)(H,28,36)(H,34,35)/t16-,17+,19+,21+/m0/s1. The summed E-state index contributed by atoms with van der Waals surface area (Å²) in [5.74, 6) is -4.32. The Bertz CT molecular complexity index is 945. The predicted octanol–water partition coefficient (Wildman–Crippen LogP) is 1.86. The molecule has 0 aromatic heterocycles. The lowest BCUT2D eigenvalue weighted by Gasteiger charge is -2.35. The number of aliphatic hydroxyl groups is 1. The molecule has 1 aromatic rings. The van der Waals surface area contributed by atoms with E-state index in [0.717, 1.165) is 4.90 Å². The number of amides is 4. The summed E-state index contributed by atoms with van der Waals surface area (Å²) in [7, 11) is 0. The van der Waals surface area contributed by atoms with E-state index in [1.165, 1.54) is 6.92 Å². The molecule has 0 unspecified atom stereocenters. The molecule has 4 atom stereocenters. The Morgan fingerprint density at radius 3 is 2.11 bits per heavy atom. The smallest absolute Gasteiger partial charge is 0.408 e. The minimum absolute atomic E-state index is 0.110. The molecule has 0 fully saturated rings. The average Bonchev–Trinajstić information content (AvgIpc) is 2.81. The van der Waals surface area contributed by atoms with E-state index in [4.69, 9.17) is 4.74 Å². The summed E-state index contributed by atoms with van der Waals surface area (Å²) >= 11 is 0. The number of nitrogens with zero attached hydrogens (tertiary/aromatic N) is 1. The van der Waals surface area contributed by atoms with Crippen LogP contribution < -0.4 is 10.6 Å². The van der Waals surface area contributed by atoms with E-state index in [0.29, 0.717) is 12.0 Å². The third-order valence-electron chi connectivity index (χ3n) is 5.60. The Morgan fingerprint density at radius 1 is 1.03 bits per heavy atom. The zero-order valence-electron chi connectivity index (χ0n) is 22.3. The van der Waals surface area contributed by atoms with Crippen molar-refractivity contribution in [1.82, 2.24) is 15.5 Å². The Balaban J connectivity index is 3.54. The second-order valence-corrected chi connectivity index (χ2v) is 9.86. The Morgan fingerprint density at radius 2 is 1.62 bits per heavy atom. The number of alkyl carbamates (subject to hydrolysis) is 1. The molecule has 37 heavy (non-hydrogen) atoms. The van der Waals surface area contributed by atoms with Crippen molar-refractivity contribution in [3.05, 3.63) is 35.9 Å². The second kappa shape index (κ2) is 14.3. The number of rotatable bonds is 12. The normalized spacial score (nSPS) is 14.5. The van der Waals surface area contributed by atoms with Gasteiger partial charge in [0, 0.05) is 6.42 Å². The van der Waals surface area contributed by atoms with Crippen molar-refractivity contribution in [3.63, 3.8) is 0 Å². The van der Waals surface area contributed by atoms with Crippen LogP contribution in [0.4, 0.5) is 4.79 Å². The zero-order chi connectivity index (χ0) is 28.3. The van der Waals surface area contributed by atoms with Gasteiger partial charge in [-0.1, -0.05) is 50.6 Å². The summed E-state index contributed by atoms with van der Waals surface area (Å²) in [5.41, 5.74) is -0.234. The van der Waals surface area contributed by atoms with Gasteiger partial charge in [-0.2, -0.15) is 0 Å². The van der Waals surface area contributed by atoms with Crippen molar-refractivity contribution in [2.45, 2.75) is 84.5 Å². The number of benzene rings is 1. The molecular formula is C26H39N3O8. The van der Waals surface area contributed by atoms with Gasteiger partial charge < -0.3 is 25.6 Å². The van der Waals surface area contributed by atoms with E-state index in [1.807, 2.05) is 0 Å². The number of aliphatic carboxylic acids is 1. The lowest BCUT2D eigenvalue weighted by molar-refractivity contribution is -0.154. The van der Waals surface area contributed by atoms with Crippen molar-refractivity contribution >= 4 is 29.8 Å². The van der Waals surface area contributed by atoms with Gasteiger partial charge in [0.25, 0.3) is 5.91 Å². The van der Waals surface area contributed by atoms with Gasteiger partial charge in [0.05, 0.1) is 13.0 Å². The molecule has 0 aliphatic rings. The minimum atomic E-state index is -1.44. The van der Waals surface area contributed by atoms with Gasteiger partial charge in [-0.05, 0) is 39.2 Å². The van der Waals surface area contributed by atoms with Crippen LogP contribution in [0.5, 0.6) is 0 Å². The summed E-state index contributed by atoms with van der Waals surface area (Å²) in [6.07, 6.45) is -0.996. The molecule has 0 aliphatic carbocycles. The first-order valence-corrected chi connectivity index (χ1v) is 12.2. The van der Waals surface area contributed by atoms with Gasteiger partial charge in [0.2, 0.25) is 11.8 Å². The van der Waals surface area contributed by atoms with Crippen LogP contribution in [0.3, 0.4) is 0 Å². The van der Waals surface area contributed by atoms with Gasteiger partial charge >= 0.3 is 12.1 Å². The fourth-order valence-corrected chi connectivity index (χ4v) is 3.44. The van der Waals surface area contributed by atoms with Crippen LogP contribution in [0.2, 0.25) is 0 Å². The Labute approximate surface area is 217 Å². The van der Waals surface area contributed by atoms with E-state index in [2.05, 4.69) is 10.6 Å². The molecular weight excluding hydrogens is 482 g/mol. The van der Waals surface area contributed by atoms with Crippen molar-refractivity contribution in [3.8, 4) is 0 Å². The number of carboxylic acid groups (broad SMARTS) is 1. The second-order valence-electron chi connectivity index (χ2n) is 9.86. The summed E-state index contributed by atoms with van der Waals surface area (Å²) in [6.45, 7) is 9.15. The summed E-state index contributed by atoms with van der Waals surface area (Å²) in [5, 5.41) is 23.6. The van der Waals surface area contributed by atoms with Crippen LogP contribution in [-0.4, -0.2) is 75.2 Å². The summed E-state index contributed by atoms with van der Waals surface area (Å²) in [6, 6.07) is 4.63. The molecule has 0 heterocycles. The zero-order valence-corrected chi connectivity index (χ0v) is 22.3. The molecule has 0 radical (unpaired) electrons. The Kier molecular flexibility index (Phi) is 12.2. The van der Waals surface area contributed by atoms with Gasteiger partial charge in [-0.3, -0.25) is 24.1 Å². The number of hydrogen-bond acceptors (Lipinski definition) is 7. The maximum atomic E-state index is 13.9. The topological polar surface area (TPSA) is 162 Å². The third-order valence-corrected chi connectivity index (χ3v) is 5.60.